The molecule has 0 saturated carbocycles. The van der Waals surface area contributed by atoms with Gasteiger partial charge in [-0.25, -0.2) is 0 Å². The molecular formula is C13H20N2O2. The van der Waals surface area contributed by atoms with E-state index in [2.05, 4.69) is 17.6 Å². The fourth-order valence-corrected chi connectivity index (χ4v) is 1.38. The lowest BCUT2D eigenvalue weighted by Gasteiger charge is -2.08. The van der Waals surface area contributed by atoms with Gasteiger partial charge in [-0.05, 0) is 37.2 Å². The zero-order valence-corrected chi connectivity index (χ0v) is 10.5. The first-order valence-electron chi connectivity index (χ1n) is 5.93. The minimum Gasteiger partial charge on any atom is -0.492 e. The summed E-state index contributed by atoms with van der Waals surface area (Å²) in [6.45, 7) is 6.14. The largest absolute Gasteiger partial charge is 0.492 e. The molecule has 0 aliphatic rings. The minimum atomic E-state index is -0.0672. The molecular weight excluding hydrogens is 216 g/mol. The highest BCUT2D eigenvalue weighted by Gasteiger charge is 1.96. The molecule has 1 aromatic rings. The van der Waals surface area contributed by atoms with E-state index in [9.17, 15) is 4.79 Å². The SMILES string of the molecule is CCCNCCOc1ccc(NC(C)=O)cc1. The van der Waals surface area contributed by atoms with Crippen LogP contribution in [0.2, 0.25) is 0 Å². The highest BCUT2D eigenvalue weighted by Crippen LogP contribution is 2.15. The third-order valence-corrected chi connectivity index (χ3v) is 2.15. The van der Waals surface area contributed by atoms with E-state index < -0.39 is 0 Å². The Morgan fingerprint density at radius 3 is 2.53 bits per heavy atom. The van der Waals surface area contributed by atoms with Gasteiger partial charge in [0.2, 0.25) is 5.91 Å². The molecule has 2 N–H and O–H groups in total. The molecule has 0 heterocycles. The van der Waals surface area contributed by atoms with Gasteiger partial charge in [0.1, 0.15) is 12.4 Å². The average molecular weight is 236 g/mol. The molecule has 0 aliphatic carbocycles. The van der Waals surface area contributed by atoms with Crippen LogP contribution in [0.15, 0.2) is 24.3 Å². The summed E-state index contributed by atoms with van der Waals surface area (Å²) in [6.07, 6.45) is 1.13. The summed E-state index contributed by atoms with van der Waals surface area (Å²) in [5.41, 5.74) is 0.786. The molecule has 1 aromatic carbocycles. The van der Waals surface area contributed by atoms with Gasteiger partial charge in [-0.1, -0.05) is 6.92 Å². The number of hydrogen-bond acceptors (Lipinski definition) is 3. The van der Waals surface area contributed by atoms with Gasteiger partial charge in [-0.15, -0.1) is 0 Å². The van der Waals surface area contributed by atoms with Crippen LogP contribution in [0.4, 0.5) is 5.69 Å². The van der Waals surface area contributed by atoms with E-state index in [1.165, 1.54) is 6.92 Å². The molecule has 1 rings (SSSR count). The van der Waals surface area contributed by atoms with E-state index in [1.54, 1.807) is 0 Å². The van der Waals surface area contributed by atoms with Gasteiger partial charge in [-0.2, -0.15) is 0 Å². The average Bonchev–Trinajstić information content (AvgIpc) is 2.30. The third-order valence-electron chi connectivity index (χ3n) is 2.15. The summed E-state index contributed by atoms with van der Waals surface area (Å²) in [4.78, 5) is 10.8. The summed E-state index contributed by atoms with van der Waals surface area (Å²) >= 11 is 0. The molecule has 0 radical (unpaired) electrons. The van der Waals surface area contributed by atoms with Gasteiger partial charge >= 0.3 is 0 Å². The van der Waals surface area contributed by atoms with Crippen LogP contribution in [0, 0.1) is 0 Å². The van der Waals surface area contributed by atoms with Crippen molar-refractivity contribution < 1.29 is 9.53 Å². The summed E-state index contributed by atoms with van der Waals surface area (Å²) in [6, 6.07) is 7.36. The van der Waals surface area contributed by atoms with Gasteiger partial charge < -0.3 is 15.4 Å². The number of benzene rings is 1. The first kappa shape index (κ1) is 13.5. The van der Waals surface area contributed by atoms with Crippen LogP contribution < -0.4 is 15.4 Å². The van der Waals surface area contributed by atoms with Crippen molar-refractivity contribution in [3.05, 3.63) is 24.3 Å². The highest BCUT2D eigenvalue weighted by molar-refractivity contribution is 5.88. The van der Waals surface area contributed by atoms with Crippen molar-refractivity contribution in [3.63, 3.8) is 0 Å². The molecule has 0 spiro atoms. The van der Waals surface area contributed by atoms with Crippen LogP contribution >= 0.6 is 0 Å². The maximum atomic E-state index is 10.8. The zero-order chi connectivity index (χ0) is 12.5. The van der Waals surface area contributed by atoms with Crippen molar-refractivity contribution in [3.8, 4) is 5.75 Å². The Morgan fingerprint density at radius 2 is 1.94 bits per heavy atom. The van der Waals surface area contributed by atoms with Crippen LogP contribution in [0.25, 0.3) is 0 Å². The van der Waals surface area contributed by atoms with Crippen LogP contribution in [0.1, 0.15) is 20.3 Å². The Bertz CT molecular complexity index is 336. The lowest BCUT2D eigenvalue weighted by atomic mass is 10.3. The second kappa shape index (κ2) is 7.68. The Labute approximate surface area is 102 Å². The molecule has 0 aromatic heterocycles. The highest BCUT2D eigenvalue weighted by atomic mass is 16.5. The molecule has 0 atom stereocenters. The van der Waals surface area contributed by atoms with Gasteiger partial charge in [-0.3, -0.25) is 4.79 Å². The van der Waals surface area contributed by atoms with Gasteiger partial charge in [0.05, 0.1) is 0 Å². The predicted octanol–water partition coefficient (Wildman–Crippen LogP) is 2.02. The molecule has 1 amide bonds. The summed E-state index contributed by atoms with van der Waals surface area (Å²) < 4.78 is 5.54. The summed E-state index contributed by atoms with van der Waals surface area (Å²) in [5.74, 6) is 0.750. The van der Waals surface area contributed by atoms with Gasteiger partial charge in [0.25, 0.3) is 0 Å². The Balaban J connectivity index is 2.28. The van der Waals surface area contributed by atoms with Crippen molar-refractivity contribution in [1.82, 2.24) is 5.32 Å². The van der Waals surface area contributed by atoms with E-state index >= 15 is 0 Å². The molecule has 4 nitrogen and oxygen atoms in total. The molecule has 94 valence electrons. The van der Waals surface area contributed by atoms with Crippen molar-refractivity contribution in [1.29, 1.82) is 0 Å². The normalized spacial score (nSPS) is 10.0. The number of carbonyl (C=O) groups excluding carboxylic acids is 1. The molecule has 17 heavy (non-hydrogen) atoms. The molecule has 4 heteroatoms. The number of carbonyl (C=O) groups is 1. The maximum Gasteiger partial charge on any atom is 0.221 e. The number of ether oxygens (including phenoxy) is 1. The van der Waals surface area contributed by atoms with Crippen LogP contribution in [0.3, 0.4) is 0 Å². The molecule has 0 fully saturated rings. The Kier molecular flexibility index (Phi) is 6.10. The van der Waals surface area contributed by atoms with E-state index in [4.69, 9.17) is 4.74 Å². The van der Waals surface area contributed by atoms with Crippen molar-refractivity contribution in [2.75, 3.05) is 25.0 Å². The lowest BCUT2D eigenvalue weighted by molar-refractivity contribution is -0.114. The van der Waals surface area contributed by atoms with Crippen LogP contribution in [-0.2, 0) is 4.79 Å². The van der Waals surface area contributed by atoms with Crippen molar-refractivity contribution in [2.45, 2.75) is 20.3 Å². The second-order valence-corrected chi connectivity index (χ2v) is 3.80. The molecule has 0 bridgehead atoms. The fraction of sp³-hybridized carbons (Fsp3) is 0.462. The fourth-order valence-electron chi connectivity index (χ4n) is 1.38. The smallest absolute Gasteiger partial charge is 0.221 e. The number of amides is 1. The van der Waals surface area contributed by atoms with Crippen molar-refractivity contribution in [2.24, 2.45) is 0 Å². The van der Waals surface area contributed by atoms with Crippen LogP contribution in [-0.4, -0.2) is 25.6 Å². The predicted molar refractivity (Wildman–Crippen MR) is 69.4 cm³/mol. The second-order valence-electron chi connectivity index (χ2n) is 3.80. The van der Waals surface area contributed by atoms with Gasteiger partial charge in [0.15, 0.2) is 0 Å². The molecule has 0 aliphatic heterocycles. The topological polar surface area (TPSA) is 50.4 Å². The van der Waals surface area contributed by atoms with E-state index in [0.29, 0.717) is 6.61 Å². The summed E-state index contributed by atoms with van der Waals surface area (Å²) in [5, 5.41) is 5.97. The quantitative estimate of drug-likeness (QED) is 0.712. The maximum absolute atomic E-state index is 10.8. The number of anilines is 1. The summed E-state index contributed by atoms with van der Waals surface area (Å²) in [7, 11) is 0. The third kappa shape index (κ3) is 5.92. The Hall–Kier alpha value is -1.55. The molecule has 0 saturated heterocycles. The number of rotatable bonds is 7. The molecule has 0 unspecified atom stereocenters. The monoisotopic (exact) mass is 236 g/mol. The first-order valence-corrected chi connectivity index (χ1v) is 5.93. The first-order chi connectivity index (χ1) is 8.22. The number of hydrogen-bond donors (Lipinski definition) is 2. The van der Waals surface area contributed by atoms with Crippen molar-refractivity contribution >= 4 is 11.6 Å². The lowest BCUT2D eigenvalue weighted by Crippen LogP contribution is -2.21. The van der Waals surface area contributed by atoms with Gasteiger partial charge in [0, 0.05) is 19.2 Å². The van der Waals surface area contributed by atoms with E-state index in [0.717, 1.165) is 30.9 Å². The number of nitrogens with one attached hydrogen (secondary N) is 2. The standard InChI is InChI=1S/C13H20N2O2/c1-3-8-14-9-10-17-13-6-4-12(5-7-13)15-11(2)16/h4-7,14H,3,8-10H2,1-2H3,(H,15,16). The van der Waals surface area contributed by atoms with E-state index in [-0.39, 0.29) is 5.91 Å². The van der Waals surface area contributed by atoms with Crippen LogP contribution in [0.5, 0.6) is 5.75 Å². The van der Waals surface area contributed by atoms with E-state index in [1.807, 2.05) is 24.3 Å². The minimum absolute atomic E-state index is 0.0672. The zero-order valence-electron chi connectivity index (χ0n) is 10.5. The Morgan fingerprint density at radius 1 is 1.24 bits per heavy atom.